The van der Waals surface area contributed by atoms with E-state index in [4.69, 9.17) is 16.3 Å². The van der Waals surface area contributed by atoms with Crippen LogP contribution in [0.15, 0.2) is 47.4 Å². The number of ether oxygens (including phenoxy) is 1. The maximum Gasteiger partial charge on any atom is 0.242 e. The average Bonchev–Trinajstić information content (AvgIpc) is 2.64. The monoisotopic (exact) mass is 439 g/mol. The summed E-state index contributed by atoms with van der Waals surface area (Å²) in [6.07, 6.45) is 0. The molecule has 2 amide bonds. The van der Waals surface area contributed by atoms with Gasteiger partial charge in [0.1, 0.15) is 0 Å². The van der Waals surface area contributed by atoms with Crippen LogP contribution in [0.2, 0.25) is 5.02 Å². The number of nitrogens with one attached hydrogen (secondary N) is 3. The van der Waals surface area contributed by atoms with Gasteiger partial charge in [-0.2, -0.15) is 4.72 Å². The van der Waals surface area contributed by atoms with Crippen molar-refractivity contribution in [1.29, 1.82) is 0 Å². The molecule has 2 rings (SSSR count). The van der Waals surface area contributed by atoms with E-state index in [1.807, 2.05) is 0 Å². The number of hydrogen-bond acceptors (Lipinski definition) is 5. The molecule has 0 saturated heterocycles. The van der Waals surface area contributed by atoms with Gasteiger partial charge in [0.15, 0.2) is 5.75 Å². The Labute approximate surface area is 174 Å². The molecule has 0 spiro atoms. The molecule has 0 aliphatic carbocycles. The molecule has 156 valence electrons. The number of rotatable bonds is 8. The van der Waals surface area contributed by atoms with Crippen LogP contribution in [-0.2, 0) is 19.6 Å². The first-order chi connectivity index (χ1) is 13.6. The molecule has 0 heterocycles. The molecule has 3 N–H and O–H groups in total. The van der Waals surface area contributed by atoms with Gasteiger partial charge >= 0.3 is 0 Å². The van der Waals surface area contributed by atoms with Crippen molar-refractivity contribution in [3.8, 4) is 5.75 Å². The van der Waals surface area contributed by atoms with E-state index >= 15 is 0 Å². The van der Waals surface area contributed by atoms with Crippen LogP contribution >= 0.6 is 11.6 Å². The second-order valence-corrected chi connectivity index (χ2v) is 8.21. The zero-order chi connectivity index (χ0) is 21.6. The van der Waals surface area contributed by atoms with Gasteiger partial charge in [-0.3, -0.25) is 9.59 Å². The van der Waals surface area contributed by atoms with Crippen LogP contribution in [-0.4, -0.2) is 32.9 Å². The summed E-state index contributed by atoms with van der Waals surface area (Å²) in [7, 11) is -3.95. The van der Waals surface area contributed by atoms with Crippen LogP contribution in [0.1, 0.15) is 20.8 Å². The van der Waals surface area contributed by atoms with Crippen molar-refractivity contribution in [1.82, 2.24) is 4.72 Å². The summed E-state index contributed by atoms with van der Waals surface area (Å²) in [5.74, 6) is -0.531. The minimum Gasteiger partial charge on any atom is -0.490 e. The molecular formula is C19H22ClN3O5S. The first-order valence-corrected chi connectivity index (χ1v) is 10.6. The van der Waals surface area contributed by atoms with Crippen molar-refractivity contribution in [2.24, 2.45) is 0 Å². The highest BCUT2D eigenvalue weighted by Crippen LogP contribution is 2.33. The molecule has 0 radical (unpaired) electrons. The summed E-state index contributed by atoms with van der Waals surface area (Å²) < 4.78 is 32.8. The summed E-state index contributed by atoms with van der Waals surface area (Å²) >= 11 is 6.09. The quantitative estimate of drug-likeness (QED) is 0.585. The number of anilines is 2. The molecule has 2 aromatic rings. The Hall–Kier alpha value is -2.62. The highest BCUT2D eigenvalue weighted by atomic mass is 35.5. The fourth-order valence-electron chi connectivity index (χ4n) is 2.41. The van der Waals surface area contributed by atoms with E-state index in [-0.39, 0.29) is 10.8 Å². The number of carbonyl (C=O) groups excluding carboxylic acids is 2. The normalized spacial score (nSPS) is 12.1. The molecule has 0 unspecified atom stereocenters. The first-order valence-electron chi connectivity index (χ1n) is 8.76. The van der Waals surface area contributed by atoms with Crippen molar-refractivity contribution in [3.63, 3.8) is 0 Å². The van der Waals surface area contributed by atoms with Gasteiger partial charge in [-0.05, 0) is 50.2 Å². The Bertz CT molecular complexity index is 993. The third-order valence-corrected chi connectivity index (χ3v) is 5.58. The Morgan fingerprint density at radius 2 is 1.76 bits per heavy atom. The van der Waals surface area contributed by atoms with Crippen molar-refractivity contribution in [2.45, 2.75) is 31.7 Å². The van der Waals surface area contributed by atoms with Gasteiger partial charge in [0, 0.05) is 12.6 Å². The zero-order valence-electron chi connectivity index (χ0n) is 16.2. The lowest BCUT2D eigenvalue weighted by molar-refractivity contribution is -0.117. The number of para-hydroxylation sites is 1. The predicted octanol–water partition coefficient (Wildman–Crippen LogP) is 3.00. The molecule has 0 aliphatic heterocycles. The maximum absolute atomic E-state index is 12.5. The van der Waals surface area contributed by atoms with Gasteiger partial charge in [0.2, 0.25) is 21.8 Å². The average molecular weight is 440 g/mol. The Balaban J connectivity index is 2.10. The summed E-state index contributed by atoms with van der Waals surface area (Å²) in [4.78, 5) is 23.5. The lowest BCUT2D eigenvalue weighted by Gasteiger charge is -2.17. The molecule has 10 heteroatoms. The molecule has 29 heavy (non-hydrogen) atoms. The highest BCUT2D eigenvalue weighted by molar-refractivity contribution is 7.89. The summed E-state index contributed by atoms with van der Waals surface area (Å²) in [6, 6.07) is 9.40. The van der Waals surface area contributed by atoms with Gasteiger partial charge in [0.05, 0.1) is 28.3 Å². The standard InChI is InChI=1S/C19H22ClN3O5S/c1-4-28-18-16(20)6-5-7-17(18)22-19(25)12(2)23-29(26,27)15-10-8-14(9-11-15)21-13(3)24/h5-12,23H,4H2,1-3H3,(H,21,24)(H,22,25)/t12-/m0/s1. The number of halogens is 1. The fraction of sp³-hybridized carbons (Fsp3) is 0.263. The van der Waals surface area contributed by atoms with E-state index in [2.05, 4.69) is 15.4 Å². The van der Waals surface area contributed by atoms with Crippen molar-refractivity contribution < 1.29 is 22.7 Å². The Morgan fingerprint density at radius 1 is 1.10 bits per heavy atom. The number of benzene rings is 2. The minimum atomic E-state index is -3.95. The third-order valence-electron chi connectivity index (χ3n) is 3.72. The summed E-state index contributed by atoms with van der Waals surface area (Å²) in [5, 5.41) is 5.50. The smallest absolute Gasteiger partial charge is 0.242 e. The first kappa shape index (κ1) is 22.7. The molecule has 0 fully saturated rings. The maximum atomic E-state index is 12.5. The van der Waals surface area contributed by atoms with Gasteiger partial charge in [-0.1, -0.05) is 17.7 Å². The Morgan fingerprint density at radius 3 is 2.34 bits per heavy atom. The molecule has 0 bridgehead atoms. The van der Waals surface area contributed by atoms with Gasteiger partial charge in [-0.25, -0.2) is 8.42 Å². The topological polar surface area (TPSA) is 114 Å². The largest absolute Gasteiger partial charge is 0.490 e. The zero-order valence-corrected chi connectivity index (χ0v) is 17.7. The lowest BCUT2D eigenvalue weighted by Crippen LogP contribution is -2.41. The van der Waals surface area contributed by atoms with E-state index in [0.717, 1.165) is 0 Å². The molecule has 2 aromatic carbocycles. The second kappa shape index (κ2) is 9.73. The van der Waals surface area contributed by atoms with Gasteiger partial charge in [0.25, 0.3) is 0 Å². The lowest BCUT2D eigenvalue weighted by atomic mass is 10.2. The van der Waals surface area contributed by atoms with Crippen LogP contribution < -0.4 is 20.1 Å². The molecule has 0 aromatic heterocycles. The molecule has 8 nitrogen and oxygen atoms in total. The number of amides is 2. The van der Waals surface area contributed by atoms with Crippen LogP contribution in [0.5, 0.6) is 5.75 Å². The Kier molecular flexibility index (Phi) is 7.60. The number of sulfonamides is 1. The van der Waals surface area contributed by atoms with Crippen molar-refractivity contribution >= 4 is 44.8 Å². The van der Waals surface area contributed by atoms with E-state index in [1.54, 1.807) is 25.1 Å². The van der Waals surface area contributed by atoms with Gasteiger partial charge in [-0.15, -0.1) is 0 Å². The van der Waals surface area contributed by atoms with E-state index < -0.39 is 22.0 Å². The fourth-order valence-corrected chi connectivity index (χ4v) is 3.85. The summed E-state index contributed by atoms with van der Waals surface area (Å²) in [6.45, 7) is 4.90. The van der Waals surface area contributed by atoms with Gasteiger partial charge < -0.3 is 15.4 Å². The van der Waals surface area contributed by atoms with Crippen LogP contribution in [0.25, 0.3) is 0 Å². The third kappa shape index (κ3) is 6.18. The molecule has 0 aliphatic rings. The van der Waals surface area contributed by atoms with Crippen molar-refractivity contribution in [3.05, 3.63) is 47.5 Å². The molecular weight excluding hydrogens is 418 g/mol. The number of hydrogen-bond donors (Lipinski definition) is 3. The van der Waals surface area contributed by atoms with Crippen LogP contribution in [0.4, 0.5) is 11.4 Å². The predicted molar refractivity (Wildman–Crippen MR) is 112 cm³/mol. The minimum absolute atomic E-state index is 0.0380. The van der Waals surface area contributed by atoms with E-state index in [1.165, 1.54) is 38.1 Å². The SMILES string of the molecule is CCOc1c(Cl)cccc1NC(=O)[C@H](C)NS(=O)(=O)c1ccc(NC(C)=O)cc1. The summed E-state index contributed by atoms with van der Waals surface area (Å²) in [5.41, 5.74) is 0.807. The number of carbonyl (C=O) groups is 2. The molecule has 1 atom stereocenters. The second-order valence-electron chi connectivity index (χ2n) is 6.09. The van der Waals surface area contributed by atoms with Crippen LogP contribution in [0, 0.1) is 0 Å². The molecule has 0 saturated carbocycles. The van der Waals surface area contributed by atoms with E-state index in [0.29, 0.717) is 28.8 Å². The van der Waals surface area contributed by atoms with Crippen LogP contribution in [0.3, 0.4) is 0 Å². The van der Waals surface area contributed by atoms with E-state index in [9.17, 15) is 18.0 Å². The highest BCUT2D eigenvalue weighted by Gasteiger charge is 2.23. The van der Waals surface area contributed by atoms with Crippen molar-refractivity contribution in [2.75, 3.05) is 17.2 Å².